The number of anilines is 1. The molecular formula is C16H18N3O+. The normalized spacial score (nSPS) is 10.1. The first kappa shape index (κ1) is 13.9. The minimum absolute atomic E-state index is 0.399. The smallest absolute Gasteiger partial charge is 0.289 e. The van der Waals surface area contributed by atoms with E-state index >= 15 is 0 Å². The molecule has 2 rings (SSSR count). The van der Waals surface area contributed by atoms with Crippen molar-refractivity contribution in [3.05, 3.63) is 41.1 Å². The van der Waals surface area contributed by atoms with E-state index in [1.165, 1.54) is 0 Å². The van der Waals surface area contributed by atoms with Crippen LogP contribution in [0.25, 0.3) is 11.1 Å². The highest BCUT2D eigenvalue weighted by molar-refractivity contribution is 5.81. The number of aryl methyl sites for hydroxylation is 1. The first-order valence-corrected chi connectivity index (χ1v) is 6.51. The molecule has 4 heteroatoms. The van der Waals surface area contributed by atoms with Gasteiger partial charge in [-0.1, -0.05) is 25.1 Å². The van der Waals surface area contributed by atoms with Crippen LogP contribution >= 0.6 is 0 Å². The summed E-state index contributed by atoms with van der Waals surface area (Å²) in [5.74, 6) is 1.13. The van der Waals surface area contributed by atoms with Crippen molar-refractivity contribution in [2.75, 3.05) is 12.8 Å². The molecule has 0 saturated heterocycles. The van der Waals surface area contributed by atoms with E-state index in [9.17, 15) is 5.26 Å². The van der Waals surface area contributed by atoms with Gasteiger partial charge in [-0.15, -0.1) is 0 Å². The Labute approximate surface area is 118 Å². The summed E-state index contributed by atoms with van der Waals surface area (Å²) in [5.41, 5.74) is 10.2. The van der Waals surface area contributed by atoms with Gasteiger partial charge in [0, 0.05) is 23.1 Å². The zero-order valence-corrected chi connectivity index (χ0v) is 11.9. The van der Waals surface area contributed by atoms with Gasteiger partial charge in [-0.2, -0.15) is 5.26 Å². The molecule has 0 amide bonds. The third kappa shape index (κ3) is 2.19. The molecule has 0 bridgehead atoms. The second kappa shape index (κ2) is 5.62. The predicted octanol–water partition coefficient (Wildman–Crippen LogP) is 2.50. The minimum Gasteiger partial charge on any atom is -0.496 e. The molecular weight excluding hydrogens is 250 g/mol. The summed E-state index contributed by atoms with van der Waals surface area (Å²) < 4.78 is 5.41. The number of methoxy groups -OCH3 is 1. The Bertz CT molecular complexity index is 686. The number of H-pyrrole nitrogens is 1. The monoisotopic (exact) mass is 268 g/mol. The van der Waals surface area contributed by atoms with Gasteiger partial charge < -0.3 is 4.74 Å². The second-order valence-corrected chi connectivity index (χ2v) is 4.56. The van der Waals surface area contributed by atoms with E-state index in [1.807, 2.05) is 31.2 Å². The number of nitrogens with zero attached hydrogens (tertiary/aromatic N) is 1. The number of benzene rings is 1. The van der Waals surface area contributed by atoms with E-state index in [4.69, 9.17) is 10.5 Å². The Balaban J connectivity index is 2.85. The molecule has 1 heterocycles. The molecule has 0 saturated carbocycles. The van der Waals surface area contributed by atoms with Crippen molar-refractivity contribution in [1.82, 2.24) is 0 Å². The van der Waals surface area contributed by atoms with Gasteiger partial charge in [-0.05, 0) is 13.0 Å². The third-order valence-corrected chi connectivity index (χ3v) is 3.47. The van der Waals surface area contributed by atoms with Crippen LogP contribution in [-0.4, -0.2) is 7.11 Å². The first-order valence-electron chi connectivity index (χ1n) is 6.51. The van der Waals surface area contributed by atoms with Crippen molar-refractivity contribution in [3.63, 3.8) is 0 Å². The van der Waals surface area contributed by atoms with E-state index < -0.39 is 0 Å². The molecule has 1 aromatic carbocycles. The minimum atomic E-state index is 0.399. The predicted molar refractivity (Wildman–Crippen MR) is 78.2 cm³/mol. The fraction of sp³-hybridized carbons (Fsp3) is 0.250. The quantitative estimate of drug-likeness (QED) is 0.929. The Morgan fingerprint density at radius 1 is 1.35 bits per heavy atom. The largest absolute Gasteiger partial charge is 0.496 e. The summed E-state index contributed by atoms with van der Waals surface area (Å²) in [6, 6.07) is 9.86. The maximum atomic E-state index is 9.42. The van der Waals surface area contributed by atoms with Crippen molar-refractivity contribution >= 4 is 5.82 Å². The van der Waals surface area contributed by atoms with Crippen LogP contribution in [0.2, 0.25) is 0 Å². The van der Waals surface area contributed by atoms with Crippen molar-refractivity contribution in [2.24, 2.45) is 0 Å². The molecule has 0 aliphatic rings. The van der Waals surface area contributed by atoms with Crippen LogP contribution in [0.3, 0.4) is 0 Å². The van der Waals surface area contributed by atoms with Gasteiger partial charge in [0.1, 0.15) is 23.1 Å². The summed E-state index contributed by atoms with van der Waals surface area (Å²) in [5, 5.41) is 9.42. The summed E-state index contributed by atoms with van der Waals surface area (Å²) in [7, 11) is 1.62. The highest BCUT2D eigenvalue weighted by atomic mass is 16.5. The lowest BCUT2D eigenvalue weighted by Crippen LogP contribution is -2.21. The van der Waals surface area contributed by atoms with Crippen LogP contribution in [0.4, 0.5) is 5.82 Å². The molecule has 0 radical (unpaired) electrons. The van der Waals surface area contributed by atoms with Gasteiger partial charge in [-0.3, -0.25) is 5.73 Å². The maximum Gasteiger partial charge on any atom is 0.289 e. The van der Waals surface area contributed by atoms with E-state index in [0.29, 0.717) is 11.4 Å². The molecule has 0 spiro atoms. The van der Waals surface area contributed by atoms with E-state index in [2.05, 4.69) is 18.0 Å². The number of ether oxygens (including phenoxy) is 1. The molecule has 0 fully saturated rings. The lowest BCUT2D eigenvalue weighted by Gasteiger charge is -2.14. The van der Waals surface area contributed by atoms with Crippen LogP contribution in [0.1, 0.15) is 23.7 Å². The SMILES string of the molecule is CCc1[nH+]c(N)c(C#N)c(-c2ccccc2OC)c1C. The molecule has 0 atom stereocenters. The number of nitrogens with one attached hydrogen (secondary N) is 1. The lowest BCUT2D eigenvalue weighted by molar-refractivity contribution is -0.373. The van der Waals surface area contributed by atoms with Crippen molar-refractivity contribution < 1.29 is 9.72 Å². The number of aromatic amines is 1. The van der Waals surface area contributed by atoms with Crippen LogP contribution in [0.5, 0.6) is 5.75 Å². The molecule has 1 aromatic heterocycles. The Morgan fingerprint density at radius 2 is 2.05 bits per heavy atom. The molecule has 0 aliphatic carbocycles. The van der Waals surface area contributed by atoms with E-state index in [0.717, 1.165) is 34.6 Å². The number of aromatic nitrogens is 1. The molecule has 20 heavy (non-hydrogen) atoms. The summed E-state index contributed by atoms with van der Waals surface area (Å²) in [6.07, 6.45) is 0.823. The number of rotatable bonds is 3. The van der Waals surface area contributed by atoms with Gasteiger partial charge in [0.2, 0.25) is 0 Å². The average Bonchev–Trinajstić information content (AvgIpc) is 2.48. The van der Waals surface area contributed by atoms with Gasteiger partial charge in [-0.25, -0.2) is 4.98 Å². The molecule has 4 nitrogen and oxygen atoms in total. The topological polar surface area (TPSA) is 73.2 Å². The van der Waals surface area contributed by atoms with E-state index in [1.54, 1.807) is 7.11 Å². The van der Waals surface area contributed by atoms with Crippen LogP contribution in [-0.2, 0) is 6.42 Å². The fourth-order valence-electron chi connectivity index (χ4n) is 2.45. The highest BCUT2D eigenvalue weighted by Gasteiger charge is 2.21. The van der Waals surface area contributed by atoms with Gasteiger partial charge >= 0.3 is 0 Å². The van der Waals surface area contributed by atoms with Crippen molar-refractivity contribution in [1.29, 1.82) is 5.26 Å². The van der Waals surface area contributed by atoms with Crippen LogP contribution < -0.4 is 15.5 Å². The average molecular weight is 268 g/mol. The maximum absolute atomic E-state index is 9.42. The number of hydrogen-bond donors (Lipinski definition) is 1. The van der Waals surface area contributed by atoms with Crippen molar-refractivity contribution in [2.45, 2.75) is 20.3 Å². The summed E-state index contributed by atoms with van der Waals surface area (Å²) in [6.45, 7) is 4.05. The Kier molecular flexibility index (Phi) is 3.90. The van der Waals surface area contributed by atoms with Crippen LogP contribution in [0.15, 0.2) is 24.3 Å². The zero-order valence-electron chi connectivity index (χ0n) is 11.9. The van der Waals surface area contributed by atoms with E-state index in [-0.39, 0.29) is 0 Å². The fourth-order valence-corrected chi connectivity index (χ4v) is 2.45. The number of hydrogen-bond acceptors (Lipinski definition) is 3. The van der Waals surface area contributed by atoms with Gasteiger partial charge in [0.25, 0.3) is 5.82 Å². The number of para-hydroxylation sites is 1. The van der Waals surface area contributed by atoms with Crippen molar-refractivity contribution in [3.8, 4) is 22.9 Å². The van der Waals surface area contributed by atoms with Gasteiger partial charge in [0.05, 0.1) is 7.11 Å². The highest BCUT2D eigenvalue weighted by Crippen LogP contribution is 2.36. The van der Waals surface area contributed by atoms with Gasteiger partial charge in [0.15, 0.2) is 0 Å². The number of pyridine rings is 1. The number of nitrogen functional groups attached to an aromatic ring is 1. The third-order valence-electron chi connectivity index (χ3n) is 3.47. The Morgan fingerprint density at radius 3 is 2.65 bits per heavy atom. The standard InChI is InChI=1S/C16H17N3O/c1-4-13-10(2)15(12(9-17)16(18)19-13)11-7-5-6-8-14(11)20-3/h5-8H,4H2,1-3H3,(H2,18,19)/p+1. The molecule has 3 N–H and O–H groups in total. The van der Waals surface area contributed by atoms with Crippen LogP contribution in [0, 0.1) is 18.3 Å². The molecule has 0 aliphatic heterocycles. The first-order chi connectivity index (χ1) is 9.63. The second-order valence-electron chi connectivity index (χ2n) is 4.56. The molecule has 102 valence electrons. The number of nitriles is 1. The summed E-state index contributed by atoms with van der Waals surface area (Å²) in [4.78, 5) is 3.11. The Hall–Kier alpha value is -2.54. The molecule has 0 unspecified atom stereocenters. The number of nitrogens with two attached hydrogens (primary N) is 1. The summed E-state index contributed by atoms with van der Waals surface area (Å²) >= 11 is 0. The lowest BCUT2D eigenvalue weighted by atomic mass is 9.93. The zero-order chi connectivity index (χ0) is 14.7. The molecule has 2 aromatic rings.